The molecule has 2 aliphatic rings. The van der Waals surface area contributed by atoms with Gasteiger partial charge in [0.05, 0.1) is 5.75 Å². The Morgan fingerprint density at radius 3 is 2.12 bits per heavy atom. The number of hydrogen-bond acceptors (Lipinski definition) is 2. The van der Waals surface area contributed by atoms with E-state index >= 15 is 0 Å². The van der Waals surface area contributed by atoms with Crippen molar-refractivity contribution in [1.29, 1.82) is 0 Å². The first kappa shape index (κ1) is 12.1. The Morgan fingerprint density at radius 1 is 1.06 bits per heavy atom. The van der Waals surface area contributed by atoms with Gasteiger partial charge in [-0.1, -0.05) is 24.5 Å². The summed E-state index contributed by atoms with van der Waals surface area (Å²) in [7, 11) is -2.96. The zero-order valence-corrected chi connectivity index (χ0v) is 10.9. The van der Waals surface area contributed by atoms with Gasteiger partial charge in [0, 0.05) is 13.1 Å². The van der Waals surface area contributed by atoms with Crippen LogP contribution in [0.25, 0.3) is 0 Å². The molecule has 0 atom stereocenters. The first-order valence-electron chi connectivity index (χ1n) is 6.31. The highest BCUT2D eigenvalue weighted by Crippen LogP contribution is 2.36. The molecule has 3 nitrogen and oxygen atoms in total. The van der Waals surface area contributed by atoms with Crippen LogP contribution in [0.2, 0.25) is 0 Å². The summed E-state index contributed by atoms with van der Waals surface area (Å²) >= 11 is 0. The van der Waals surface area contributed by atoms with Crippen molar-refractivity contribution >= 4 is 10.0 Å². The van der Waals surface area contributed by atoms with Crippen molar-refractivity contribution in [2.24, 2.45) is 0 Å². The first-order valence-corrected chi connectivity index (χ1v) is 7.92. The molecule has 0 bridgehead atoms. The molecule has 16 heavy (non-hydrogen) atoms. The SMILES string of the molecule is CCCCS(=O)(=O)N1CCC(=C2CC2)CC1. The van der Waals surface area contributed by atoms with Crippen LogP contribution >= 0.6 is 0 Å². The maximum atomic E-state index is 11.9. The third-order valence-electron chi connectivity index (χ3n) is 3.48. The van der Waals surface area contributed by atoms with Crippen molar-refractivity contribution in [2.45, 2.75) is 45.4 Å². The van der Waals surface area contributed by atoms with Crippen molar-refractivity contribution in [3.8, 4) is 0 Å². The van der Waals surface area contributed by atoms with Crippen LogP contribution < -0.4 is 0 Å². The van der Waals surface area contributed by atoms with E-state index in [-0.39, 0.29) is 0 Å². The molecule has 0 aromatic heterocycles. The molecule has 1 saturated carbocycles. The second-order valence-corrected chi connectivity index (χ2v) is 6.86. The third-order valence-corrected chi connectivity index (χ3v) is 5.43. The van der Waals surface area contributed by atoms with Crippen molar-refractivity contribution in [2.75, 3.05) is 18.8 Å². The van der Waals surface area contributed by atoms with E-state index in [0.29, 0.717) is 18.8 Å². The number of allylic oxidation sites excluding steroid dienone is 1. The monoisotopic (exact) mass is 243 g/mol. The lowest BCUT2D eigenvalue weighted by Gasteiger charge is -2.27. The quantitative estimate of drug-likeness (QED) is 0.711. The molecule has 1 aliphatic carbocycles. The topological polar surface area (TPSA) is 37.4 Å². The standard InChI is InChI=1S/C12H21NO2S/c1-2-3-10-16(14,15)13-8-6-12(7-9-13)11-4-5-11/h2-10H2,1H3. The molecular formula is C12H21NO2S. The lowest BCUT2D eigenvalue weighted by molar-refractivity contribution is 0.385. The van der Waals surface area contributed by atoms with E-state index in [1.807, 2.05) is 6.92 Å². The molecule has 1 heterocycles. The average molecular weight is 243 g/mol. The molecular weight excluding hydrogens is 222 g/mol. The number of hydrogen-bond donors (Lipinski definition) is 0. The fourth-order valence-corrected chi connectivity index (χ4v) is 3.91. The first-order chi connectivity index (χ1) is 7.63. The largest absolute Gasteiger partial charge is 0.214 e. The van der Waals surface area contributed by atoms with Crippen LogP contribution in [-0.4, -0.2) is 31.6 Å². The Kier molecular flexibility index (Phi) is 3.70. The highest BCUT2D eigenvalue weighted by molar-refractivity contribution is 7.89. The van der Waals surface area contributed by atoms with E-state index in [1.165, 1.54) is 12.8 Å². The van der Waals surface area contributed by atoms with E-state index < -0.39 is 10.0 Å². The fourth-order valence-electron chi connectivity index (χ4n) is 2.26. The number of piperidine rings is 1. The molecule has 0 N–H and O–H groups in total. The Labute approximate surface area is 98.6 Å². The summed E-state index contributed by atoms with van der Waals surface area (Å²) < 4.78 is 25.6. The molecule has 0 amide bonds. The summed E-state index contributed by atoms with van der Waals surface area (Å²) in [4.78, 5) is 0. The van der Waals surface area contributed by atoms with E-state index in [9.17, 15) is 8.42 Å². The van der Waals surface area contributed by atoms with Crippen LogP contribution in [0.15, 0.2) is 11.1 Å². The Balaban J connectivity index is 1.90. The fraction of sp³-hybridized carbons (Fsp3) is 0.833. The number of unbranched alkanes of at least 4 members (excludes halogenated alkanes) is 1. The molecule has 1 aliphatic heterocycles. The summed E-state index contributed by atoms with van der Waals surface area (Å²) in [5, 5.41) is 0. The zero-order chi connectivity index (χ0) is 11.6. The lowest BCUT2D eigenvalue weighted by Crippen LogP contribution is -2.37. The van der Waals surface area contributed by atoms with E-state index in [4.69, 9.17) is 0 Å². The van der Waals surface area contributed by atoms with E-state index in [1.54, 1.807) is 15.5 Å². The van der Waals surface area contributed by atoms with Gasteiger partial charge in [-0.05, 0) is 32.1 Å². The highest BCUT2D eigenvalue weighted by atomic mass is 32.2. The van der Waals surface area contributed by atoms with Crippen LogP contribution in [0.5, 0.6) is 0 Å². The number of nitrogens with zero attached hydrogens (tertiary/aromatic N) is 1. The van der Waals surface area contributed by atoms with Crippen molar-refractivity contribution in [3.05, 3.63) is 11.1 Å². The molecule has 2 fully saturated rings. The minimum absolute atomic E-state index is 0.329. The number of sulfonamides is 1. The molecule has 0 aromatic carbocycles. The van der Waals surface area contributed by atoms with E-state index in [2.05, 4.69) is 0 Å². The van der Waals surface area contributed by atoms with Gasteiger partial charge in [0.25, 0.3) is 0 Å². The average Bonchev–Trinajstić information content (AvgIpc) is 3.10. The second-order valence-electron chi connectivity index (χ2n) is 4.78. The number of rotatable bonds is 4. The maximum Gasteiger partial charge on any atom is 0.214 e. The predicted molar refractivity (Wildman–Crippen MR) is 65.8 cm³/mol. The molecule has 0 spiro atoms. The van der Waals surface area contributed by atoms with Crippen molar-refractivity contribution in [1.82, 2.24) is 4.31 Å². The Bertz CT molecular complexity index is 368. The van der Waals surface area contributed by atoms with Gasteiger partial charge in [0.2, 0.25) is 10.0 Å². The summed E-state index contributed by atoms with van der Waals surface area (Å²) in [5.74, 6) is 0.329. The molecule has 0 unspecified atom stereocenters. The zero-order valence-electron chi connectivity index (χ0n) is 10.0. The Hall–Kier alpha value is -0.350. The smallest absolute Gasteiger partial charge is 0.212 e. The van der Waals surface area contributed by atoms with E-state index in [0.717, 1.165) is 25.7 Å². The van der Waals surface area contributed by atoms with Gasteiger partial charge in [-0.15, -0.1) is 0 Å². The normalized spacial score (nSPS) is 22.6. The van der Waals surface area contributed by atoms with Gasteiger partial charge in [-0.25, -0.2) is 12.7 Å². The molecule has 0 aromatic rings. The third kappa shape index (κ3) is 2.86. The van der Waals surface area contributed by atoms with Gasteiger partial charge < -0.3 is 0 Å². The van der Waals surface area contributed by atoms with Gasteiger partial charge in [-0.2, -0.15) is 0 Å². The van der Waals surface area contributed by atoms with Crippen LogP contribution in [0, 0.1) is 0 Å². The summed E-state index contributed by atoms with van der Waals surface area (Å²) in [5.41, 5.74) is 3.15. The van der Waals surface area contributed by atoms with Crippen LogP contribution in [0.1, 0.15) is 45.4 Å². The van der Waals surface area contributed by atoms with Crippen LogP contribution in [-0.2, 0) is 10.0 Å². The Morgan fingerprint density at radius 2 is 1.62 bits per heavy atom. The molecule has 4 heteroatoms. The molecule has 2 rings (SSSR count). The van der Waals surface area contributed by atoms with Gasteiger partial charge in [-0.3, -0.25) is 0 Å². The minimum Gasteiger partial charge on any atom is -0.212 e. The minimum atomic E-state index is -2.96. The summed E-state index contributed by atoms with van der Waals surface area (Å²) in [6.07, 6.45) is 6.20. The van der Waals surface area contributed by atoms with Crippen LogP contribution in [0.4, 0.5) is 0 Å². The van der Waals surface area contributed by atoms with Crippen molar-refractivity contribution in [3.63, 3.8) is 0 Å². The summed E-state index contributed by atoms with van der Waals surface area (Å²) in [6, 6.07) is 0. The maximum absolute atomic E-state index is 11.9. The van der Waals surface area contributed by atoms with Gasteiger partial charge >= 0.3 is 0 Å². The predicted octanol–water partition coefficient (Wildman–Crippen LogP) is 2.30. The second kappa shape index (κ2) is 4.88. The highest BCUT2D eigenvalue weighted by Gasteiger charge is 2.27. The van der Waals surface area contributed by atoms with Gasteiger partial charge in [0.15, 0.2) is 0 Å². The lowest BCUT2D eigenvalue weighted by atomic mass is 10.1. The van der Waals surface area contributed by atoms with Gasteiger partial charge in [0.1, 0.15) is 0 Å². The summed E-state index contributed by atoms with van der Waals surface area (Å²) in [6.45, 7) is 3.46. The molecule has 92 valence electrons. The van der Waals surface area contributed by atoms with Crippen LogP contribution in [0.3, 0.4) is 0 Å². The molecule has 1 saturated heterocycles. The molecule has 0 radical (unpaired) electrons. The van der Waals surface area contributed by atoms with Crippen molar-refractivity contribution < 1.29 is 8.42 Å².